The fourth-order valence-corrected chi connectivity index (χ4v) is 0.795. The van der Waals surface area contributed by atoms with Crippen LogP contribution in [0.2, 0.25) is 0 Å². The third-order valence-electron chi connectivity index (χ3n) is 1.18. The molecule has 0 unspecified atom stereocenters. The molecule has 0 spiro atoms. The maximum absolute atomic E-state index is 8.77. The molecule has 1 aliphatic rings. The first-order valence-corrected chi connectivity index (χ1v) is 2.58. The van der Waals surface area contributed by atoms with Crippen molar-refractivity contribution in [3.8, 4) is 0 Å². The van der Waals surface area contributed by atoms with E-state index in [4.69, 9.17) is 9.84 Å². The first-order chi connectivity index (χ1) is 3.29. The van der Waals surface area contributed by atoms with E-state index >= 15 is 0 Å². The molecule has 0 aromatic heterocycles. The Hall–Kier alpha value is -0.0800. The van der Waals surface area contributed by atoms with Crippen LogP contribution >= 0.6 is 0 Å². The van der Waals surface area contributed by atoms with E-state index in [1.165, 1.54) is 0 Å². The van der Waals surface area contributed by atoms with Crippen molar-refractivity contribution in [3.05, 3.63) is 0 Å². The van der Waals surface area contributed by atoms with Crippen molar-refractivity contribution < 1.29 is 9.84 Å². The fraction of sp³-hybridized carbons (Fsp3) is 1.00. The van der Waals surface area contributed by atoms with Gasteiger partial charge in [-0.05, 0) is 6.92 Å². The molecule has 1 rings (SSSR count). The molecule has 0 aromatic carbocycles. The van der Waals surface area contributed by atoms with Crippen molar-refractivity contribution in [3.63, 3.8) is 0 Å². The molecule has 42 valence electrons. The number of ether oxygens (including phenoxy) is 1. The predicted octanol–water partition coefficient (Wildman–Crippen LogP) is 0.156. The van der Waals surface area contributed by atoms with Gasteiger partial charge in [-0.2, -0.15) is 0 Å². The van der Waals surface area contributed by atoms with Gasteiger partial charge in [0.25, 0.3) is 0 Å². The normalized spacial score (nSPS) is 42.0. The number of aliphatic hydroxyl groups is 1. The van der Waals surface area contributed by atoms with Crippen molar-refractivity contribution in [1.82, 2.24) is 0 Å². The Morgan fingerprint density at radius 1 is 1.71 bits per heavy atom. The standard InChI is InChI=1S/C5H10O2/c1-4-2-5(6)3-7-4/h4-6H,2-3H2,1H3/t4-,5-/m1/s1. The summed E-state index contributed by atoms with van der Waals surface area (Å²) in [6.07, 6.45) is 0.880. The van der Waals surface area contributed by atoms with Crippen molar-refractivity contribution in [2.75, 3.05) is 6.61 Å². The first-order valence-electron chi connectivity index (χ1n) is 2.58. The molecule has 7 heavy (non-hydrogen) atoms. The molecule has 0 aromatic rings. The van der Waals surface area contributed by atoms with Crippen LogP contribution in [0.1, 0.15) is 13.3 Å². The Balaban J connectivity index is 2.26. The van der Waals surface area contributed by atoms with Crippen molar-refractivity contribution >= 4 is 0 Å². The third-order valence-corrected chi connectivity index (χ3v) is 1.18. The van der Waals surface area contributed by atoms with Crippen molar-refractivity contribution in [1.29, 1.82) is 0 Å². The van der Waals surface area contributed by atoms with Crippen LogP contribution in [0.15, 0.2) is 0 Å². The van der Waals surface area contributed by atoms with Crippen LogP contribution in [-0.4, -0.2) is 23.9 Å². The van der Waals surface area contributed by atoms with Crippen molar-refractivity contribution in [2.24, 2.45) is 0 Å². The lowest BCUT2D eigenvalue weighted by Crippen LogP contribution is -2.03. The fourth-order valence-electron chi connectivity index (χ4n) is 0.795. The van der Waals surface area contributed by atoms with Gasteiger partial charge in [-0.25, -0.2) is 0 Å². The number of aliphatic hydroxyl groups excluding tert-OH is 1. The second kappa shape index (κ2) is 1.80. The minimum Gasteiger partial charge on any atom is -0.391 e. The summed E-state index contributed by atoms with van der Waals surface area (Å²) in [5.41, 5.74) is 0. The van der Waals surface area contributed by atoms with Crippen LogP contribution in [-0.2, 0) is 4.74 Å². The van der Waals surface area contributed by atoms with Gasteiger partial charge < -0.3 is 9.84 Å². The summed E-state index contributed by atoms with van der Waals surface area (Å²) in [5, 5.41) is 8.77. The zero-order chi connectivity index (χ0) is 5.28. The Morgan fingerprint density at radius 3 is 2.57 bits per heavy atom. The third kappa shape index (κ3) is 1.14. The average Bonchev–Trinajstić information content (AvgIpc) is 1.87. The van der Waals surface area contributed by atoms with E-state index in [1.54, 1.807) is 0 Å². The van der Waals surface area contributed by atoms with Crippen LogP contribution in [0.4, 0.5) is 0 Å². The summed E-state index contributed by atoms with van der Waals surface area (Å²) < 4.78 is 5.02. The lowest BCUT2D eigenvalue weighted by atomic mass is 10.2. The Kier molecular flexibility index (Phi) is 1.30. The second-order valence-corrected chi connectivity index (χ2v) is 2.03. The van der Waals surface area contributed by atoms with E-state index in [0.29, 0.717) is 6.61 Å². The maximum atomic E-state index is 8.77. The van der Waals surface area contributed by atoms with Gasteiger partial charge in [0.1, 0.15) is 0 Å². The van der Waals surface area contributed by atoms with Gasteiger partial charge in [-0.15, -0.1) is 0 Å². The molecule has 1 heterocycles. The lowest BCUT2D eigenvalue weighted by molar-refractivity contribution is 0.0971. The van der Waals surface area contributed by atoms with E-state index in [-0.39, 0.29) is 12.2 Å². The summed E-state index contributed by atoms with van der Waals surface area (Å²) in [6.45, 7) is 2.50. The highest BCUT2D eigenvalue weighted by atomic mass is 16.5. The van der Waals surface area contributed by atoms with Gasteiger partial charge >= 0.3 is 0 Å². The van der Waals surface area contributed by atoms with Crippen LogP contribution in [0, 0.1) is 0 Å². The first kappa shape index (κ1) is 5.06. The van der Waals surface area contributed by atoms with Crippen molar-refractivity contribution in [2.45, 2.75) is 25.6 Å². The highest BCUT2D eigenvalue weighted by Gasteiger charge is 2.18. The minimum atomic E-state index is -0.199. The zero-order valence-corrected chi connectivity index (χ0v) is 4.42. The Bertz CT molecular complexity index is 55.1. The molecule has 0 aliphatic carbocycles. The van der Waals surface area contributed by atoms with E-state index in [2.05, 4.69) is 0 Å². The summed E-state index contributed by atoms with van der Waals surface area (Å²) in [5.74, 6) is 0. The quantitative estimate of drug-likeness (QED) is 0.472. The molecule has 0 saturated carbocycles. The predicted molar refractivity (Wildman–Crippen MR) is 26.0 cm³/mol. The highest BCUT2D eigenvalue weighted by molar-refractivity contribution is 4.67. The van der Waals surface area contributed by atoms with Gasteiger partial charge in [-0.3, -0.25) is 0 Å². The van der Waals surface area contributed by atoms with Gasteiger partial charge in [-0.1, -0.05) is 0 Å². The minimum absolute atomic E-state index is 0.199. The molecular formula is C5H10O2. The van der Waals surface area contributed by atoms with E-state index in [0.717, 1.165) is 6.42 Å². The summed E-state index contributed by atoms with van der Waals surface area (Å²) in [4.78, 5) is 0. The monoisotopic (exact) mass is 102 g/mol. The van der Waals surface area contributed by atoms with E-state index < -0.39 is 0 Å². The number of rotatable bonds is 0. The molecular weight excluding hydrogens is 92.1 g/mol. The summed E-state index contributed by atoms with van der Waals surface area (Å²) in [6, 6.07) is 0. The van der Waals surface area contributed by atoms with Gasteiger partial charge in [0, 0.05) is 6.42 Å². The molecule has 1 aliphatic heterocycles. The molecule has 0 bridgehead atoms. The van der Waals surface area contributed by atoms with Crippen LogP contribution in [0.5, 0.6) is 0 Å². The van der Waals surface area contributed by atoms with Gasteiger partial charge in [0.05, 0.1) is 18.8 Å². The largest absolute Gasteiger partial charge is 0.391 e. The molecule has 2 atom stereocenters. The lowest BCUT2D eigenvalue weighted by Gasteiger charge is -1.94. The molecule has 0 radical (unpaired) electrons. The Labute approximate surface area is 43.1 Å². The van der Waals surface area contributed by atoms with Crippen LogP contribution in [0.3, 0.4) is 0 Å². The average molecular weight is 102 g/mol. The molecule has 1 fully saturated rings. The summed E-state index contributed by atoms with van der Waals surface area (Å²) >= 11 is 0. The zero-order valence-electron chi connectivity index (χ0n) is 4.42. The highest BCUT2D eigenvalue weighted by Crippen LogP contribution is 2.10. The topological polar surface area (TPSA) is 29.5 Å². The molecule has 1 saturated heterocycles. The molecule has 0 amide bonds. The van der Waals surface area contributed by atoms with Crippen LogP contribution in [0.25, 0.3) is 0 Å². The number of hydrogen-bond acceptors (Lipinski definition) is 2. The Morgan fingerprint density at radius 2 is 2.43 bits per heavy atom. The molecule has 2 heteroatoms. The van der Waals surface area contributed by atoms with Gasteiger partial charge in [0.15, 0.2) is 0 Å². The smallest absolute Gasteiger partial charge is 0.0798 e. The van der Waals surface area contributed by atoms with Crippen LogP contribution < -0.4 is 0 Å². The molecule has 1 N–H and O–H groups in total. The van der Waals surface area contributed by atoms with Gasteiger partial charge in [0.2, 0.25) is 0 Å². The number of hydrogen-bond donors (Lipinski definition) is 1. The second-order valence-electron chi connectivity index (χ2n) is 2.03. The van der Waals surface area contributed by atoms with E-state index in [9.17, 15) is 0 Å². The van der Waals surface area contributed by atoms with E-state index in [1.807, 2.05) is 6.92 Å². The maximum Gasteiger partial charge on any atom is 0.0798 e. The molecule has 2 nitrogen and oxygen atoms in total. The SMILES string of the molecule is C[C@@H]1C[C@@H](O)CO1. The summed E-state index contributed by atoms with van der Waals surface area (Å²) in [7, 11) is 0.